The Balaban J connectivity index is 2.58. The molecule has 0 saturated carbocycles. The van der Waals surface area contributed by atoms with Crippen LogP contribution >= 0.6 is 0 Å². The van der Waals surface area contributed by atoms with Gasteiger partial charge in [0.25, 0.3) is 0 Å². The summed E-state index contributed by atoms with van der Waals surface area (Å²) in [5.74, 6) is 1.60. The summed E-state index contributed by atoms with van der Waals surface area (Å²) in [6, 6.07) is 7.08. The minimum Gasteiger partial charge on any atom is -0.372 e. The van der Waals surface area contributed by atoms with Gasteiger partial charge in [-0.25, -0.2) is 4.79 Å². The summed E-state index contributed by atoms with van der Waals surface area (Å²) in [4.78, 5) is 40.6. The number of hydrogen-bond acceptors (Lipinski definition) is 5. The molecule has 1 aromatic carbocycles. The molecule has 0 aliphatic heterocycles. The van der Waals surface area contributed by atoms with Crippen molar-refractivity contribution in [2.24, 2.45) is 5.90 Å². The molecule has 0 saturated heterocycles. The smallest absolute Gasteiger partial charge is 0.340 e. The van der Waals surface area contributed by atoms with Gasteiger partial charge in [-0.15, -0.1) is 0 Å². The molecule has 2 rings (SSSR count). The molecule has 0 aliphatic rings. The Labute approximate surface area is 102 Å². The van der Waals surface area contributed by atoms with Crippen LogP contribution in [0.4, 0.5) is 0 Å². The molecule has 1 unspecified atom stereocenters. The number of ketones is 1. The first-order chi connectivity index (χ1) is 8.69. The molecule has 0 spiro atoms. The van der Waals surface area contributed by atoms with Gasteiger partial charge in [0, 0.05) is 17.1 Å². The van der Waals surface area contributed by atoms with E-state index >= 15 is 0 Å². The standard InChI is InChI=1S/C12H10N2O4/c13-18-12(17)11(10(16)6-15)8-5-14-9-4-2-1-3-7(8)9/h1-6,11,14H,13H2. The van der Waals surface area contributed by atoms with E-state index in [4.69, 9.17) is 5.90 Å². The number of hydrogen-bond donors (Lipinski definition) is 2. The Hall–Kier alpha value is -2.47. The third-order valence-corrected chi connectivity index (χ3v) is 2.68. The van der Waals surface area contributed by atoms with Crippen molar-refractivity contribution < 1.29 is 19.2 Å². The van der Waals surface area contributed by atoms with Gasteiger partial charge in [-0.2, -0.15) is 5.90 Å². The highest BCUT2D eigenvalue weighted by Crippen LogP contribution is 2.26. The van der Waals surface area contributed by atoms with E-state index in [2.05, 4.69) is 9.82 Å². The van der Waals surface area contributed by atoms with Gasteiger partial charge in [0.2, 0.25) is 5.78 Å². The van der Waals surface area contributed by atoms with Crippen molar-refractivity contribution in [2.75, 3.05) is 0 Å². The monoisotopic (exact) mass is 246 g/mol. The molecule has 1 atom stereocenters. The van der Waals surface area contributed by atoms with Gasteiger partial charge >= 0.3 is 5.97 Å². The molecule has 0 amide bonds. The Morgan fingerprint density at radius 1 is 1.33 bits per heavy atom. The lowest BCUT2D eigenvalue weighted by Gasteiger charge is -2.08. The van der Waals surface area contributed by atoms with E-state index in [1.54, 1.807) is 24.3 Å². The average molecular weight is 246 g/mol. The molecular formula is C12H10N2O4. The maximum Gasteiger partial charge on any atom is 0.340 e. The van der Waals surface area contributed by atoms with Crippen LogP contribution in [0.5, 0.6) is 0 Å². The maximum atomic E-state index is 11.5. The zero-order valence-corrected chi connectivity index (χ0v) is 9.25. The van der Waals surface area contributed by atoms with Crippen LogP contribution in [0.25, 0.3) is 10.9 Å². The van der Waals surface area contributed by atoms with Crippen molar-refractivity contribution in [3.63, 3.8) is 0 Å². The number of carbonyl (C=O) groups is 3. The number of aromatic amines is 1. The van der Waals surface area contributed by atoms with Gasteiger partial charge in [0.1, 0.15) is 0 Å². The second-order valence-electron chi connectivity index (χ2n) is 3.68. The van der Waals surface area contributed by atoms with E-state index in [1.807, 2.05) is 0 Å². The van der Waals surface area contributed by atoms with Crippen molar-refractivity contribution >= 4 is 28.9 Å². The summed E-state index contributed by atoms with van der Waals surface area (Å²) in [6.45, 7) is 0. The molecule has 92 valence electrons. The fraction of sp³-hybridized carbons (Fsp3) is 0.0833. The number of H-pyrrole nitrogens is 1. The largest absolute Gasteiger partial charge is 0.372 e. The third-order valence-electron chi connectivity index (χ3n) is 2.68. The Morgan fingerprint density at radius 2 is 2.06 bits per heavy atom. The lowest BCUT2D eigenvalue weighted by molar-refractivity contribution is -0.150. The average Bonchev–Trinajstić information content (AvgIpc) is 2.82. The van der Waals surface area contributed by atoms with Crippen LogP contribution in [0.1, 0.15) is 11.5 Å². The van der Waals surface area contributed by atoms with E-state index in [1.165, 1.54) is 6.20 Å². The minimum absolute atomic E-state index is 0.0867. The van der Waals surface area contributed by atoms with Crippen molar-refractivity contribution in [3.05, 3.63) is 36.0 Å². The summed E-state index contributed by atoms with van der Waals surface area (Å²) in [7, 11) is 0. The summed E-state index contributed by atoms with van der Waals surface area (Å²) in [5.41, 5.74) is 1.12. The Morgan fingerprint density at radius 3 is 2.72 bits per heavy atom. The molecule has 0 bridgehead atoms. The van der Waals surface area contributed by atoms with Gasteiger partial charge < -0.3 is 9.82 Å². The van der Waals surface area contributed by atoms with E-state index in [-0.39, 0.29) is 6.29 Å². The fourth-order valence-corrected chi connectivity index (χ4v) is 1.87. The highest BCUT2D eigenvalue weighted by molar-refractivity contribution is 6.33. The fourth-order valence-electron chi connectivity index (χ4n) is 1.87. The van der Waals surface area contributed by atoms with Crippen molar-refractivity contribution in [1.82, 2.24) is 4.98 Å². The Kier molecular flexibility index (Phi) is 3.20. The number of aldehydes is 1. The summed E-state index contributed by atoms with van der Waals surface area (Å²) in [5, 5.41) is 0.670. The van der Waals surface area contributed by atoms with Gasteiger partial charge in [-0.1, -0.05) is 18.2 Å². The minimum atomic E-state index is -1.33. The van der Waals surface area contributed by atoms with Crippen LogP contribution in [0, 0.1) is 0 Å². The molecule has 2 aromatic rings. The van der Waals surface area contributed by atoms with Gasteiger partial charge in [0.15, 0.2) is 12.2 Å². The molecule has 0 fully saturated rings. The number of para-hydroxylation sites is 1. The zero-order valence-electron chi connectivity index (χ0n) is 9.25. The van der Waals surface area contributed by atoms with E-state index in [0.29, 0.717) is 10.9 Å². The number of nitrogens with one attached hydrogen (secondary N) is 1. The van der Waals surface area contributed by atoms with Crippen LogP contribution in [-0.2, 0) is 19.2 Å². The highest BCUT2D eigenvalue weighted by Gasteiger charge is 2.31. The second kappa shape index (κ2) is 4.80. The summed E-state index contributed by atoms with van der Waals surface area (Å²) >= 11 is 0. The van der Waals surface area contributed by atoms with E-state index < -0.39 is 17.7 Å². The number of benzene rings is 1. The summed E-state index contributed by atoms with van der Waals surface area (Å²) < 4.78 is 0. The van der Waals surface area contributed by atoms with Crippen molar-refractivity contribution in [2.45, 2.75) is 5.92 Å². The third kappa shape index (κ3) is 1.89. The summed E-state index contributed by atoms with van der Waals surface area (Å²) in [6.07, 6.45) is 1.58. The first-order valence-electron chi connectivity index (χ1n) is 5.14. The number of rotatable bonds is 4. The molecule has 0 radical (unpaired) electrons. The molecule has 18 heavy (non-hydrogen) atoms. The highest BCUT2D eigenvalue weighted by atomic mass is 16.7. The van der Waals surface area contributed by atoms with Gasteiger partial charge in [-0.05, 0) is 11.6 Å². The van der Waals surface area contributed by atoms with Gasteiger partial charge in [0.05, 0.1) is 0 Å². The molecule has 6 heteroatoms. The maximum absolute atomic E-state index is 11.5. The molecule has 3 N–H and O–H groups in total. The van der Waals surface area contributed by atoms with Crippen molar-refractivity contribution in [3.8, 4) is 0 Å². The zero-order chi connectivity index (χ0) is 13.1. The molecule has 1 heterocycles. The van der Waals surface area contributed by atoms with Crippen LogP contribution < -0.4 is 5.90 Å². The first-order valence-corrected chi connectivity index (χ1v) is 5.14. The SMILES string of the molecule is NOC(=O)C(C(=O)C=O)c1c[nH]c2ccccc12. The van der Waals surface area contributed by atoms with Crippen LogP contribution in [-0.4, -0.2) is 23.0 Å². The lowest BCUT2D eigenvalue weighted by atomic mass is 9.95. The number of nitrogens with two attached hydrogens (primary N) is 1. The number of fused-ring (bicyclic) bond motifs is 1. The predicted molar refractivity (Wildman–Crippen MR) is 62.4 cm³/mol. The second-order valence-corrected chi connectivity index (χ2v) is 3.68. The van der Waals surface area contributed by atoms with E-state index in [0.717, 1.165) is 5.52 Å². The van der Waals surface area contributed by atoms with Crippen LogP contribution in [0.15, 0.2) is 30.5 Å². The van der Waals surface area contributed by atoms with Crippen molar-refractivity contribution in [1.29, 1.82) is 0 Å². The number of aromatic nitrogens is 1. The first kappa shape index (κ1) is 12.0. The quantitative estimate of drug-likeness (QED) is 0.352. The predicted octanol–water partition coefficient (Wildman–Crippen LogP) is 0.436. The number of carbonyl (C=O) groups excluding carboxylic acids is 3. The van der Waals surface area contributed by atoms with Crippen LogP contribution in [0.3, 0.4) is 0 Å². The molecule has 1 aromatic heterocycles. The lowest BCUT2D eigenvalue weighted by Crippen LogP contribution is -2.26. The van der Waals surface area contributed by atoms with E-state index in [9.17, 15) is 14.4 Å². The molecule has 0 aliphatic carbocycles. The number of Topliss-reactive ketones (excluding diaryl/α,β-unsaturated/α-hetero) is 1. The van der Waals surface area contributed by atoms with Crippen LogP contribution in [0.2, 0.25) is 0 Å². The normalized spacial score (nSPS) is 12.1. The topological polar surface area (TPSA) is 102 Å². The molecule has 6 nitrogen and oxygen atoms in total. The van der Waals surface area contributed by atoms with Gasteiger partial charge in [-0.3, -0.25) is 9.59 Å². The Bertz CT molecular complexity index is 617. The molecular weight excluding hydrogens is 236 g/mol.